The molecule has 1 unspecified atom stereocenters. The number of carbonyl (C=O) groups excluding carboxylic acids is 1. The number of halogens is 1. The molecule has 4 aliphatic carbocycles. The maximum Gasteiger partial charge on any atom is 0.230 e. The van der Waals surface area contributed by atoms with Crippen LogP contribution in [0.15, 0.2) is 18.2 Å². The number of hydrogen-bond acceptors (Lipinski definition) is 3. The molecular weight excluding hydrogens is 343 g/mol. The van der Waals surface area contributed by atoms with E-state index in [1.165, 1.54) is 25.3 Å². The molecule has 6 rings (SSSR count). The van der Waals surface area contributed by atoms with E-state index in [9.17, 15) is 9.18 Å². The van der Waals surface area contributed by atoms with Crippen molar-refractivity contribution in [2.45, 2.75) is 57.5 Å². The van der Waals surface area contributed by atoms with Crippen LogP contribution in [0, 0.1) is 29.0 Å². The lowest BCUT2D eigenvalue weighted by Gasteiger charge is -2.55. The van der Waals surface area contributed by atoms with Gasteiger partial charge in [-0.05, 0) is 87.3 Å². The van der Waals surface area contributed by atoms with Crippen molar-refractivity contribution in [1.82, 2.24) is 0 Å². The van der Waals surface area contributed by atoms with E-state index in [-0.39, 0.29) is 23.2 Å². The molecule has 146 valence electrons. The molecule has 5 heteroatoms. The van der Waals surface area contributed by atoms with Crippen LogP contribution in [0.3, 0.4) is 0 Å². The van der Waals surface area contributed by atoms with Gasteiger partial charge in [-0.3, -0.25) is 4.79 Å². The first-order valence-corrected chi connectivity index (χ1v) is 10.6. The molecule has 0 radical (unpaired) electrons. The van der Waals surface area contributed by atoms with Gasteiger partial charge in [0.25, 0.3) is 0 Å². The Morgan fingerprint density at radius 3 is 2.44 bits per heavy atom. The van der Waals surface area contributed by atoms with Gasteiger partial charge in [0.15, 0.2) is 0 Å². The highest BCUT2D eigenvalue weighted by molar-refractivity contribution is 5.95. The van der Waals surface area contributed by atoms with Crippen LogP contribution in [-0.2, 0) is 9.53 Å². The third kappa shape index (κ3) is 3.35. The Balaban J connectivity index is 1.24. The average Bonchev–Trinajstić information content (AvgIpc) is 3.13. The Hall–Kier alpha value is -1.62. The second-order valence-corrected chi connectivity index (χ2v) is 9.36. The van der Waals surface area contributed by atoms with E-state index >= 15 is 0 Å². The van der Waals surface area contributed by atoms with Gasteiger partial charge in [0.2, 0.25) is 5.91 Å². The fraction of sp³-hybridized carbons (Fsp3) is 0.682. The zero-order valence-electron chi connectivity index (χ0n) is 15.8. The van der Waals surface area contributed by atoms with Crippen LogP contribution >= 0.6 is 0 Å². The van der Waals surface area contributed by atoms with E-state index in [4.69, 9.17) is 4.74 Å². The van der Waals surface area contributed by atoms with Gasteiger partial charge in [-0.1, -0.05) is 0 Å². The van der Waals surface area contributed by atoms with E-state index < -0.39 is 0 Å². The van der Waals surface area contributed by atoms with Crippen LogP contribution < -0.4 is 10.6 Å². The van der Waals surface area contributed by atoms with Crippen LogP contribution in [0.4, 0.5) is 15.8 Å². The van der Waals surface area contributed by atoms with Gasteiger partial charge >= 0.3 is 0 Å². The molecule has 1 aromatic rings. The standard InChI is InChI=1S/C22H29FN2O2/c23-19-9-17(3-4-20(19)24-13-18-2-1-5-27-18)25-21(26)22-10-14-6-15(11-22)8-16(7-14)12-22/h3-4,9,14-16,18,24H,1-2,5-8,10-13H2,(H,25,26). The van der Waals surface area contributed by atoms with Crippen molar-refractivity contribution in [3.05, 3.63) is 24.0 Å². The zero-order chi connectivity index (χ0) is 18.4. The van der Waals surface area contributed by atoms with E-state index in [0.29, 0.717) is 17.9 Å². The van der Waals surface area contributed by atoms with Gasteiger partial charge < -0.3 is 15.4 Å². The molecule has 0 aromatic heterocycles. The van der Waals surface area contributed by atoms with Crippen LogP contribution in [-0.4, -0.2) is 25.2 Å². The van der Waals surface area contributed by atoms with Crippen LogP contribution in [0.2, 0.25) is 0 Å². The molecule has 4 saturated carbocycles. The Bertz CT molecular complexity index is 694. The van der Waals surface area contributed by atoms with Crippen LogP contribution in [0.5, 0.6) is 0 Å². The van der Waals surface area contributed by atoms with Gasteiger partial charge in [0.1, 0.15) is 5.82 Å². The molecule has 1 saturated heterocycles. The lowest BCUT2D eigenvalue weighted by Crippen LogP contribution is -2.51. The number of amides is 1. The predicted octanol–water partition coefficient (Wildman–Crippen LogP) is 4.57. The number of hydrogen-bond donors (Lipinski definition) is 2. The molecule has 5 aliphatic rings. The van der Waals surface area contributed by atoms with Crippen LogP contribution in [0.1, 0.15) is 51.4 Å². The van der Waals surface area contributed by atoms with Gasteiger partial charge in [0, 0.05) is 18.8 Å². The van der Waals surface area contributed by atoms with Crippen molar-refractivity contribution in [3.8, 4) is 0 Å². The van der Waals surface area contributed by atoms with Crippen molar-refractivity contribution in [2.75, 3.05) is 23.8 Å². The minimum atomic E-state index is -0.323. The number of nitrogens with one attached hydrogen (secondary N) is 2. The minimum absolute atomic E-state index is 0.112. The first-order chi connectivity index (χ1) is 13.1. The first-order valence-electron chi connectivity index (χ1n) is 10.6. The number of rotatable bonds is 5. The molecule has 2 N–H and O–H groups in total. The molecule has 4 nitrogen and oxygen atoms in total. The fourth-order valence-electron chi connectivity index (χ4n) is 6.42. The number of carbonyl (C=O) groups is 1. The quantitative estimate of drug-likeness (QED) is 0.796. The SMILES string of the molecule is O=C(Nc1ccc(NCC2CCCO2)c(F)c1)C12CC3CC(CC(C3)C1)C2. The molecule has 4 bridgehead atoms. The maximum absolute atomic E-state index is 14.5. The largest absolute Gasteiger partial charge is 0.380 e. The Morgan fingerprint density at radius 2 is 1.85 bits per heavy atom. The van der Waals surface area contributed by atoms with Gasteiger partial charge in [-0.25, -0.2) is 4.39 Å². The third-order valence-corrected chi connectivity index (χ3v) is 7.29. The molecular formula is C22H29FN2O2. The molecule has 1 heterocycles. The van der Waals surface area contributed by atoms with Crippen molar-refractivity contribution >= 4 is 17.3 Å². The lowest BCUT2D eigenvalue weighted by atomic mass is 9.49. The Morgan fingerprint density at radius 1 is 1.15 bits per heavy atom. The smallest absolute Gasteiger partial charge is 0.230 e. The molecule has 1 amide bonds. The highest BCUT2D eigenvalue weighted by Crippen LogP contribution is 2.60. The predicted molar refractivity (Wildman–Crippen MR) is 103 cm³/mol. The topological polar surface area (TPSA) is 50.4 Å². The van der Waals surface area contributed by atoms with Gasteiger partial charge in [-0.15, -0.1) is 0 Å². The number of benzene rings is 1. The second kappa shape index (κ2) is 6.77. The van der Waals surface area contributed by atoms with Gasteiger partial charge in [0.05, 0.1) is 17.2 Å². The van der Waals surface area contributed by atoms with Crippen molar-refractivity contribution in [1.29, 1.82) is 0 Å². The van der Waals surface area contributed by atoms with E-state index in [1.54, 1.807) is 12.1 Å². The third-order valence-electron chi connectivity index (χ3n) is 7.29. The van der Waals surface area contributed by atoms with Crippen LogP contribution in [0.25, 0.3) is 0 Å². The molecule has 1 aliphatic heterocycles. The zero-order valence-corrected chi connectivity index (χ0v) is 15.8. The van der Waals surface area contributed by atoms with Crippen molar-refractivity contribution in [2.24, 2.45) is 23.2 Å². The van der Waals surface area contributed by atoms with E-state index in [1.807, 2.05) is 0 Å². The molecule has 27 heavy (non-hydrogen) atoms. The Kier molecular flexibility index (Phi) is 4.38. The summed E-state index contributed by atoms with van der Waals surface area (Å²) >= 11 is 0. The highest BCUT2D eigenvalue weighted by Gasteiger charge is 2.54. The maximum atomic E-state index is 14.5. The molecule has 1 atom stereocenters. The lowest BCUT2D eigenvalue weighted by molar-refractivity contribution is -0.140. The summed E-state index contributed by atoms with van der Waals surface area (Å²) in [6.07, 6.45) is 9.26. The number of ether oxygens (including phenoxy) is 1. The molecule has 0 spiro atoms. The summed E-state index contributed by atoms with van der Waals surface area (Å²) in [5.41, 5.74) is 0.830. The van der Waals surface area contributed by atoms with E-state index in [2.05, 4.69) is 10.6 Å². The van der Waals surface area contributed by atoms with Crippen molar-refractivity contribution in [3.63, 3.8) is 0 Å². The summed E-state index contributed by atoms with van der Waals surface area (Å²) < 4.78 is 20.0. The molecule has 5 fully saturated rings. The van der Waals surface area contributed by atoms with E-state index in [0.717, 1.165) is 56.5 Å². The number of anilines is 2. The summed E-state index contributed by atoms with van der Waals surface area (Å²) in [5.74, 6) is 1.96. The summed E-state index contributed by atoms with van der Waals surface area (Å²) in [6, 6.07) is 4.97. The highest BCUT2D eigenvalue weighted by atomic mass is 19.1. The molecule has 1 aromatic carbocycles. The normalized spacial score (nSPS) is 36.8. The van der Waals surface area contributed by atoms with Gasteiger partial charge in [-0.2, -0.15) is 0 Å². The summed E-state index contributed by atoms with van der Waals surface area (Å²) in [4.78, 5) is 13.1. The minimum Gasteiger partial charge on any atom is -0.380 e. The summed E-state index contributed by atoms with van der Waals surface area (Å²) in [7, 11) is 0. The van der Waals surface area contributed by atoms with Crippen molar-refractivity contribution < 1.29 is 13.9 Å². The second-order valence-electron chi connectivity index (χ2n) is 9.36. The summed E-state index contributed by atoms with van der Waals surface area (Å²) in [5, 5.41) is 6.16. The summed E-state index contributed by atoms with van der Waals surface area (Å²) in [6.45, 7) is 1.42. The fourth-order valence-corrected chi connectivity index (χ4v) is 6.42. The first kappa shape index (κ1) is 17.5. The average molecular weight is 372 g/mol. The monoisotopic (exact) mass is 372 g/mol. The Labute approximate surface area is 160 Å².